The van der Waals surface area contributed by atoms with Crippen molar-refractivity contribution >= 4 is 0 Å². The van der Waals surface area contributed by atoms with Crippen molar-refractivity contribution in [3.63, 3.8) is 0 Å². The number of aliphatic hydroxyl groups excluding tert-OH is 10. The van der Waals surface area contributed by atoms with Gasteiger partial charge >= 0.3 is 0 Å². The van der Waals surface area contributed by atoms with Gasteiger partial charge in [0.05, 0.1) is 50.3 Å². The van der Waals surface area contributed by atoms with Gasteiger partial charge in [0, 0.05) is 16.7 Å². The zero-order valence-corrected chi connectivity index (χ0v) is 38.6. The maximum atomic E-state index is 12.6. The lowest BCUT2D eigenvalue weighted by atomic mass is 9.33. The van der Waals surface area contributed by atoms with Crippen molar-refractivity contribution in [1.82, 2.24) is 0 Å². The van der Waals surface area contributed by atoms with Gasteiger partial charge in [-0.3, -0.25) is 0 Å². The van der Waals surface area contributed by atoms with Gasteiger partial charge in [-0.15, -0.1) is 0 Å². The molecule has 9 rings (SSSR count). The summed E-state index contributed by atoms with van der Waals surface area (Å²) in [6, 6.07) is 0. The second-order valence-corrected chi connectivity index (χ2v) is 22.9. The van der Waals surface area contributed by atoms with Crippen molar-refractivity contribution in [1.29, 1.82) is 0 Å². The lowest BCUT2D eigenvalue weighted by Crippen LogP contribution is -2.70. The lowest BCUT2D eigenvalue weighted by Gasteiger charge is -2.71. The van der Waals surface area contributed by atoms with Gasteiger partial charge < -0.3 is 84.2 Å². The third-order valence-electron chi connectivity index (χ3n) is 19.6. The molecule has 0 unspecified atom stereocenters. The molecule has 4 heterocycles. The van der Waals surface area contributed by atoms with Gasteiger partial charge in [-0.2, -0.15) is 0 Å². The van der Waals surface area contributed by atoms with Gasteiger partial charge in [-0.05, 0) is 85.4 Å². The minimum Gasteiger partial charge on any atom is -0.396 e. The molecular formula is C47H76O17. The molecule has 0 aromatic carbocycles. The normalized spacial score (nSPS) is 59.0. The van der Waals surface area contributed by atoms with E-state index in [4.69, 9.17) is 33.2 Å². The van der Waals surface area contributed by atoms with E-state index in [9.17, 15) is 51.1 Å². The number of aliphatic hydroxyl groups is 10. The van der Waals surface area contributed by atoms with E-state index in [-0.39, 0.29) is 58.2 Å². The molecule has 64 heavy (non-hydrogen) atoms. The van der Waals surface area contributed by atoms with Gasteiger partial charge in [-0.25, -0.2) is 0 Å². The summed E-state index contributed by atoms with van der Waals surface area (Å²) in [5.74, 6) is 0.905. The molecule has 9 aliphatic rings. The number of epoxide rings is 1. The molecular weight excluding hydrogens is 836 g/mol. The molecule has 8 fully saturated rings. The first-order valence-corrected chi connectivity index (χ1v) is 24.0. The molecule has 4 saturated carbocycles. The van der Waals surface area contributed by atoms with Crippen LogP contribution in [-0.2, 0) is 33.2 Å². The van der Waals surface area contributed by atoms with E-state index in [2.05, 4.69) is 54.5 Å². The Morgan fingerprint density at radius 2 is 1.33 bits per heavy atom. The van der Waals surface area contributed by atoms with Crippen molar-refractivity contribution in [2.75, 3.05) is 19.8 Å². The van der Waals surface area contributed by atoms with E-state index in [0.29, 0.717) is 24.7 Å². The molecule has 10 N–H and O–H groups in total. The summed E-state index contributed by atoms with van der Waals surface area (Å²) in [6.07, 6.45) is -15.4. The summed E-state index contributed by atoms with van der Waals surface area (Å²) < 4.78 is 43.5. The maximum Gasteiger partial charge on any atom is 0.187 e. The average Bonchev–Trinajstić information content (AvgIpc) is 4.07. The molecule has 27 atom stereocenters. The Morgan fingerprint density at radius 3 is 2.00 bits per heavy atom. The molecule has 366 valence electrons. The summed E-state index contributed by atoms with van der Waals surface area (Å²) in [5, 5.41) is 110. The van der Waals surface area contributed by atoms with Crippen LogP contribution in [0.2, 0.25) is 0 Å². The molecule has 4 aliphatic heterocycles. The number of hydrogen-bond donors (Lipinski definition) is 10. The molecule has 0 aromatic rings. The zero-order valence-electron chi connectivity index (χ0n) is 38.6. The van der Waals surface area contributed by atoms with Crippen molar-refractivity contribution < 1.29 is 84.2 Å². The van der Waals surface area contributed by atoms with Gasteiger partial charge in [0.1, 0.15) is 61.0 Å². The standard InChI is InChI=1S/C47H76O17/c1-19-9-14-47(18-49)28(20(19)2)22-15-23(50)37-44(6)12-11-27(43(4,5)26(44)10-13-45(37,7)46(22,8)38-39(47)64-38)61-41-35(32(55)29(52)21(3)59-41)63-42-36(33(56)31(54)25(16-48)60-42)62-40-34(57)30(53)24(51)17-58-40/h15,19-21,23-42,48-57H,9-14,16-18H2,1-8H3/t19-,20+,21-,23-,24+,25-,26+,27+,28+,29+,30+,31+,32-,33+,34+,35+,36-,37+,38+,39-,40-,41-,42+,44-,45-,46+,47-/m0/s1. The van der Waals surface area contributed by atoms with Crippen LogP contribution in [0.3, 0.4) is 0 Å². The van der Waals surface area contributed by atoms with Crippen molar-refractivity contribution in [2.45, 2.75) is 204 Å². The predicted octanol–water partition coefficient (Wildman–Crippen LogP) is 0.0945. The summed E-state index contributed by atoms with van der Waals surface area (Å²) in [7, 11) is 0. The van der Waals surface area contributed by atoms with E-state index in [1.165, 1.54) is 5.57 Å². The Labute approximate surface area is 376 Å². The maximum absolute atomic E-state index is 12.6. The topological polar surface area (TPSA) is 270 Å². The molecule has 5 aliphatic carbocycles. The first-order valence-electron chi connectivity index (χ1n) is 24.0. The molecule has 17 nitrogen and oxygen atoms in total. The largest absolute Gasteiger partial charge is 0.396 e. The molecule has 4 saturated heterocycles. The van der Waals surface area contributed by atoms with Gasteiger partial charge in [0.15, 0.2) is 18.9 Å². The van der Waals surface area contributed by atoms with E-state index < -0.39 is 117 Å². The van der Waals surface area contributed by atoms with Crippen molar-refractivity contribution in [2.24, 2.45) is 56.7 Å². The zero-order chi connectivity index (χ0) is 46.4. The van der Waals surface area contributed by atoms with Crippen LogP contribution in [0.1, 0.15) is 93.9 Å². The fraction of sp³-hybridized carbons (Fsp3) is 0.957. The van der Waals surface area contributed by atoms with Crippen LogP contribution in [0.15, 0.2) is 11.6 Å². The summed E-state index contributed by atoms with van der Waals surface area (Å²) in [5.41, 5.74) is -0.559. The summed E-state index contributed by atoms with van der Waals surface area (Å²) >= 11 is 0. The van der Waals surface area contributed by atoms with E-state index in [0.717, 1.165) is 25.7 Å². The number of fused-ring (bicyclic) bond motifs is 10. The van der Waals surface area contributed by atoms with Crippen LogP contribution >= 0.6 is 0 Å². The molecule has 0 amide bonds. The smallest absolute Gasteiger partial charge is 0.187 e. The van der Waals surface area contributed by atoms with E-state index in [1.807, 2.05) is 0 Å². The van der Waals surface area contributed by atoms with E-state index in [1.54, 1.807) is 6.92 Å². The molecule has 0 spiro atoms. The number of ether oxygens (including phenoxy) is 7. The third-order valence-corrected chi connectivity index (χ3v) is 19.6. The van der Waals surface area contributed by atoms with Crippen LogP contribution in [0.25, 0.3) is 0 Å². The second kappa shape index (κ2) is 16.6. The van der Waals surface area contributed by atoms with Crippen LogP contribution in [-0.4, -0.2) is 181 Å². The Kier molecular flexibility index (Phi) is 12.5. The van der Waals surface area contributed by atoms with Crippen molar-refractivity contribution in [3.05, 3.63) is 11.6 Å². The lowest BCUT2D eigenvalue weighted by molar-refractivity contribution is -0.393. The fourth-order valence-corrected chi connectivity index (χ4v) is 15.6. The summed E-state index contributed by atoms with van der Waals surface area (Å²) in [4.78, 5) is 0. The quantitative estimate of drug-likeness (QED) is 0.0879. The van der Waals surface area contributed by atoms with Crippen LogP contribution in [0, 0.1) is 56.7 Å². The Balaban J connectivity index is 0.983. The highest BCUT2D eigenvalue weighted by atomic mass is 16.8. The van der Waals surface area contributed by atoms with Gasteiger partial charge in [-0.1, -0.05) is 60.1 Å². The highest BCUT2D eigenvalue weighted by Gasteiger charge is 2.79. The predicted molar refractivity (Wildman–Crippen MR) is 223 cm³/mol. The highest BCUT2D eigenvalue weighted by Crippen LogP contribution is 2.79. The molecule has 17 heteroatoms. The van der Waals surface area contributed by atoms with Crippen molar-refractivity contribution in [3.8, 4) is 0 Å². The first kappa shape index (κ1) is 48.1. The SMILES string of the molecule is C[C@@H]1[C@@H](C)CC[C@@]2(CO)[C@H]3O[C@H]3[C@@]3(C)C(=C[C@H](O)[C@@H]4[C@@]5(C)CC[C@@H](O[C@@H]6O[C@@H](C)[C@@H](O)[C@H](O)[C@H]6O[C@H]6O[C@@H](CO)[C@@H](O)[C@@H](O)[C@@H]6O[C@@H]6OC[C@@H](O)[C@@H](O)[C@H]6O)C(C)(C)[C@H]5CC[C@@]43C)[C@@H]12. The molecule has 0 bridgehead atoms. The number of hydrogen-bond acceptors (Lipinski definition) is 17. The Hall–Kier alpha value is -0.940. The Morgan fingerprint density at radius 1 is 0.672 bits per heavy atom. The fourth-order valence-electron chi connectivity index (χ4n) is 15.6. The Bertz CT molecular complexity index is 1750. The molecule has 0 aromatic heterocycles. The second-order valence-electron chi connectivity index (χ2n) is 22.9. The monoisotopic (exact) mass is 913 g/mol. The van der Waals surface area contributed by atoms with Gasteiger partial charge in [0.25, 0.3) is 0 Å². The van der Waals surface area contributed by atoms with E-state index >= 15 is 0 Å². The minimum absolute atomic E-state index is 0.0156. The van der Waals surface area contributed by atoms with Crippen LogP contribution in [0.5, 0.6) is 0 Å². The van der Waals surface area contributed by atoms with Crippen LogP contribution < -0.4 is 0 Å². The summed E-state index contributed by atoms with van der Waals surface area (Å²) in [6.45, 7) is 16.6. The minimum atomic E-state index is -1.80. The number of rotatable bonds is 8. The molecule has 0 radical (unpaired) electrons. The van der Waals surface area contributed by atoms with Crippen LogP contribution in [0.4, 0.5) is 0 Å². The third kappa shape index (κ3) is 6.79. The highest BCUT2D eigenvalue weighted by molar-refractivity contribution is 5.42. The average molecular weight is 913 g/mol. The first-order chi connectivity index (χ1) is 30.0. The van der Waals surface area contributed by atoms with Gasteiger partial charge in [0.2, 0.25) is 0 Å².